The number of benzene rings is 1. The number of carbonyl (C=O) groups is 1. The number of aryl methyl sites for hydroxylation is 1. The van der Waals surface area contributed by atoms with Gasteiger partial charge in [-0.2, -0.15) is 0 Å². The molecule has 21 heavy (non-hydrogen) atoms. The van der Waals surface area contributed by atoms with Gasteiger partial charge >= 0.3 is 0 Å². The normalized spacial score (nSPS) is 18.6. The highest BCUT2D eigenvalue weighted by Crippen LogP contribution is 2.20. The number of aliphatic hydroxyl groups is 1. The van der Waals surface area contributed by atoms with E-state index in [2.05, 4.69) is 0 Å². The van der Waals surface area contributed by atoms with Crippen LogP contribution in [0.1, 0.15) is 17.5 Å². The molecule has 0 saturated carbocycles. The lowest BCUT2D eigenvalue weighted by molar-refractivity contribution is -0.140. The molecule has 0 radical (unpaired) electrons. The van der Waals surface area contributed by atoms with Crippen LogP contribution in [0.2, 0.25) is 0 Å². The Morgan fingerprint density at radius 2 is 2.29 bits per heavy atom. The molecule has 0 aromatic heterocycles. The summed E-state index contributed by atoms with van der Waals surface area (Å²) in [6, 6.07) is 5.91. The van der Waals surface area contributed by atoms with Crippen molar-refractivity contribution in [3.63, 3.8) is 0 Å². The van der Waals surface area contributed by atoms with Gasteiger partial charge in [0, 0.05) is 13.1 Å². The van der Waals surface area contributed by atoms with Crippen LogP contribution in [0.3, 0.4) is 0 Å². The standard InChI is InChI=1S/C16H23NO4/c1-12-4-3-5-15(13(12)2)21-8-6-16(19)17-7-9-20-14(10-17)11-18/h3-5,14,18H,6-11H2,1-2H3. The monoisotopic (exact) mass is 293 g/mol. The van der Waals surface area contributed by atoms with Crippen molar-refractivity contribution in [2.75, 3.05) is 32.9 Å². The van der Waals surface area contributed by atoms with E-state index in [1.165, 1.54) is 5.56 Å². The molecule has 2 rings (SSSR count). The third kappa shape index (κ3) is 4.19. The lowest BCUT2D eigenvalue weighted by Gasteiger charge is -2.32. The molecule has 1 heterocycles. The van der Waals surface area contributed by atoms with E-state index in [1.807, 2.05) is 32.0 Å². The number of hydrogen-bond donors (Lipinski definition) is 1. The Kier molecular flexibility index (Phi) is 5.59. The maximum absolute atomic E-state index is 12.1. The molecule has 1 N–H and O–H groups in total. The summed E-state index contributed by atoms with van der Waals surface area (Å²) in [6.45, 7) is 5.88. The van der Waals surface area contributed by atoms with Gasteiger partial charge in [-0.15, -0.1) is 0 Å². The van der Waals surface area contributed by atoms with Gasteiger partial charge in [0.2, 0.25) is 5.91 Å². The molecule has 1 fully saturated rings. The quantitative estimate of drug-likeness (QED) is 0.889. The predicted octanol–water partition coefficient (Wildman–Crippen LogP) is 1.29. The Morgan fingerprint density at radius 1 is 1.48 bits per heavy atom. The minimum atomic E-state index is -0.261. The van der Waals surface area contributed by atoms with Crippen molar-refractivity contribution in [3.05, 3.63) is 29.3 Å². The molecular weight excluding hydrogens is 270 g/mol. The third-order valence-electron chi connectivity index (χ3n) is 3.82. The van der Waals surface area contributed by atoms with E-state index in [0.717, 1.165) is 11.3 Å². The largest absolute Gasteiger partial charge is 0.493 e. The number of hydrogen-bond acceptors (Lipinski definition) is 4. The molecule has 5 heteroatoms. The van der Waals surface area contributed by atoms with E-state index in [0.29, 0.717) is 32.7 Å². The molecule has 0 spiro atoms. The van der Waals surface area contributed by atoms with Gasteiger partial charge in [-0.1, -0.05) is 12.1 Å². The molecule has 1 aliphatic rings. The van der Waals surface area contributed by atoms with E-state index in [4.69, 9.17) is 14.6 Å². The number of morpholine rings is 1. The zero-order valence-electron chi connectivity index (χ0n) is 12.7. The number of amides is 1. The zero-order chi connectivity index (χ0) is 15.2. The van der Waals surface area contributed by atoms with Gasteiger partial charge in [-0.05, 0) is 31.0 Å². The van der Waals surface area contributed by atoms with Crippen LogP contribution in [0, 0.1) is 13.8 Å². The molecule has 5 nitrogen and oxygen atoms in total. The average molecular weight is 293 g/mol. The predicted molar refractivity (Wildman–Crippen MR) is 79.4 cm³/mol. The van der Waals surface area contributed by atoms with Gasteiger partial charge < -0.3 is 19.5 Å². The second-order valence-corrected chi connectivity index (χ2v) is 5.31. The lowest BCUT2D eigenvalue weighted by atomic mass is 10.1. The molecule has 1 unspecified atom stereocenters. The smallest absolute Gasteiger partial charge is 0.226 e. The topological polar surface area (TPSA) is 59.0 Å². The molecule has 1 aliphatic heterocycles. The Hall–Kier alpha value is -1.59. The van der Waals surface area contributed by atoms with Crippen molar-refractivity contribution in [1.82, 2.24) is 4.90 Å². The van der Waals surface area contributed by atoms with E-state index in [9.17, 15) is 4.79 Å². The molecule has 1 saturated heterocycles. The van der Waals surface area contributed by atoms with E-state index < -0.39 is 0 Å². The minimum absolute atomic E-state index is 0.0436. The first-order valence-electron chi connectivity index (χ1n) is 7.31. The fourth-order valence-electron chi connectivity index (χ4n) is 2.34. The molecule has 1 aromatic carbocycles. The van der Waals surface area contributed by atoms with E-state index >= 15 is 0 Å². The van der Waals surface area contributed by atoms with Crippen molar-refractivity contribution in [2.45, 2.75) is 26.4 Å². The number of carbonyl (C=O) groups excluding carboxylic acids is 1. The molecule has 0 aliphatic carbocycles. The fourth-order valence-corrected chi connectivity index (χ4v) is 2.34. The van der Waals surface area contributed by atoms with E-state index in [-0.39, 0.29) is 18.6 Å². The van der Waals surface area contributed by atoms with Crippen LogP contribution in [0.5, 0.6) is 5.75 Å². The van der Waals surface area contributed by atoms with Gasteiger partial charge in [0.25, 0.3) is 0 Å². The Balaban J connectivity index is 1.80. The zero-order valence-corrected chi connectivity index (χ0v) is 12.7. The van der Waals surface area contributed by atoms with Gasteiger partial charge in [0.15, 0.2) is 0 Å². The van der Waals surface area contributed by atoms with Crippen molar-refractivity contribution in [3.8, 4) is 5.75 Å². The van der Waals surface area contributed by atoms with Crippen LogP contribution in [0.4, 0.5) is 0 Å². The van der Waals surface area contributed by atoms with Crippen LogP contribution in [0.15, 0.2) is 18.2 Å². The third-order valence-corrected chi connectivity index (χ3v) is 3.82. The highest BCUT2D eigenvalue weighted by Gasteiger charge is 2.23. The first-order chi connectivity index (χ1) is 10.1. The van der Waals surface area contributed by atoms with Crippen LogP contribution in [-0.2, 0) is 9.53 Å². The van der Waals surface area contributed by atoms with Crippen molar-refractivity contribution in [1.29, 1.82) is 0 Å². The Bertz CT molecular complexity index is 489. The van der Waals surface area contributed by atoms with Gasteiger partial charge in [-0.3, -0.25) is 4.79 Å². The van der Waals surface area contributed by atoms with Gasteiger partial charge in [0.05, 0.1) is 32.3 Å². The highest BCUT2D eigenvalue weighted by atomic mass is 16.5. The summed E-state index contributed by atoms with van der Waals surface area (Å²) in [6.07, 6.45) is 0.0774. The number of rotatable bonds is 5. The molecular formula is C16H23NO4. The summed E-state index contributed by atoms with van der Waals surface area (Å²) in [5.41, 5.74) is 2.29. The summed E-state index contributed by atoms with van der Waals surface area (Å²) in [7, 11) is 0. The highest BCUT2D eigenvalue weighted by molar-refractivity contribution is 5.76. The van der Waals surface area contributed by atoms with Crippen LogP contribution in [0.25, 0.3) is 0 Å². The van der Waals surface area contributed by atoms with Gasteiger partial charge in [-0.25, -0.2) is 0 Å². The lowest BCUT2D eigenvalue weighted by Crippen LogP contribution is -2.47. The van der Waals surface area contributed by atoms with Gasteiger partial charge in [0.1, 0.15) is 5.75 Å². The van der Waals surface area contributed by atoms with Crippen LogP contribution in [-0.4, -0.2) is 54.9 Å². The minimum Gasteiger partial charge on any atom is -0.493 e. The Morgan fingerprint density at radius 3 is 3.05 bits per heavy atom. The average Bonchev–Trinajstić information content (AvgIpc) is 2.51. The fraction of sp³-hybridized carbons (Fsp3) is 0.562. The van der Waals surface area contributed by atoms with Crippen LogP contribution >= 0.6 is 0 Å². The summed E-state index contributed by atoms with van der Waals surface area (Å²) in [5, 5.41) is 9.08. The summed E-state index contributed by atoms with van der Waals surface area (Å²) >= 11 is 0. The second-order valence-electron chi connectivity index (χ2n) is 5.31. The molecule has 1 aromatic rings. The summed E-state index contributed by atoms with van der Waals surface area (Å²) in [5.74, 6) is 0.875. The number of ether oxygens (including phenoxy) is 2. The van der Waals surface area contributed by atoms with Crippen LogP contribution < -0.4 is 4.74 Å². The maximum Gasteiger partial charge on any atom is 0.226 e. The molecule has 116 valence electrons. The first kappa shape index (κ1) is 15.8. The summed E-state index contributed by atoms with van der Waals surface area (Å²) in [4.78, 5) is 13.8. The maximum atomic E-state index is 12.1. The molecule has 1 amide bonds. The Labute approximate surface area is 125 Å². The molecule has 1 atom stereocenters. The number of aliphatic hydroxyl groups excluding tert-OH is 1. The second kappa shape index (κ2) is 7.43. The van der Waals surface area contributed by atoms with E-state index in [1.54, 1.807) is 4.90 Å². The SMILES string of the molecule is Cc1cccc(OCCC(=O)N2CCOC(CO)C2)c1C. The number of nitrogens with zero attached hydrogens (tertiary/aromatic N) is 1. The summed E-state index contributed by atoms with van der Waals surface area (Å²) < 4.78 is 11.0. The van der Waals surface area contributed by atoms with Crippen molar-refractivity contribution >= 4 is 5.91 Å². The molecule has 0 bridgehead atoms. The first-order valence-corrected chi connectivity index (χ1v) is 7.31. The van der Waals surface area contributed by atoms with Crippen molar-refractivity contribution in [2.24, 2.45) is 0 Å². The van der Waals surface area contributed by atoms with Crippen molar-refractivity contribution < 1.29 is 19.4 Å².